The Hall–Kier alpha value is -3.71. The lowest BCUT2D eigenvalue weighted by Gasteiger charge is -2.14. The van der Waals surface area contributed by atoms with Gasteiger partial charge in [0.05, 0.1) is 28.6 Å². The molecule has 0 aliphatic carbocycles. The molecule has 0 unspecified atom stereocenters. The summed E-state index contributed by atoms with van der Waals surface area (Å²) in [7, 11) is 0. The van der Waals surface area contributed by atoms with Gasteiger partial charge in [0.25, 0.3) is 11.5 Å². The number of carbonyl (C=O) groups excluding carboxylic acids is 1. The molecule has 0 saturated heterocycles. The number of thioether (sulfide) groups is 1. The summed E-state index contributed by atoms with van der Waals surface area (Å²) in [6.07, 6.45) is 1.60. The number of aryl methyl sites for hydroxylation is 2. The highest BCUT2D eigenvalue weighted by Gasteiger charge is 2.15. The van der Waals surface area contributed by atoms with E-state index in [1.165, 1.54) is 11.8 Å². The van der Waals surface area contributed by atoms with Crippen molar-refractivity contribution in [1.29, 1.82) is 0 Å². The van der Waals surface area contributed by atoms with E-state index in [4.69, 9.17) is 0 Å². The number of rotatable bonds is 6. The third kappa shape index (κ3) is 4.78. The summed E-state index contributed by atoms with van der Waals surface area (Å²) >= 11 is 1.20. The minimum Gasteiger partial charge on any atom is -0.272 e. The highest BCUT2D eigenvalue weighted by atomic mass is 32.2. The fourth-order valence-electron chi connectivity index (χ4n) is 3.33. The van der Waals surface area contributed by atoms with Gasteiger partial charge in [-0.3, -0.25) is 14.2 Å². The van der Waals surface area contributed by atoms with Crippen LogP contribution in [0.5, 0.6) is 0 Å². The minimum atomic E-state index is -0.280. The molecule has 0 atom stereocenters. The number of hydrogen-bond acceptors (Lipinski definition) is 5. The van der Waals surface area contributed by atoms with E-state index in [0.29, 0.717) is 16.1 Å². The molecule has 0 fully saturated rings. The molecule has 0 saturated carbocycles. The van der Waals surface area contributed by atoms with Crippen LogP contribution in [0.15, 0.2) is 87.8 Å². The minimum absolute atomic E-state index is 0.0712. The largest absolute Gasteiger partial charge is 0.272 e. The van der Waals surface area contributed by atoms with E-state index in [-0.39, 0.29) is 17.2 Å². The maximum absolute atomic E-state index is 13.3. The summed E-state index contributed by atoms with van der Waals surface area (Å²) < 4.78 is 1.58. The topological polar surface area (TPSA) is 76.3 Å². The van der Waals surface area contributed by atoms with Crippen LogP contribution in [0.4, 0.5) is 0 Å². The average molecular weight is 443 g/mol. The van der Waals surface area contributed by atoms with Crippen molar-refractivity contribution in [3.8, 4) is 5.69 Å². The molecule has 1 heterocycles. The van der Waals surface area contributed by atoms with Gasteiger partial charge in [0.2, 0.25) is 0 Å². The van der Waals surface area contributed by atoms with Gasteiger partial charge in [-0.2, -0.15) is 5.10 Å². The highest BCUT2D eigenvalue weighted by molar-refractivity contribution is 7.99. The first-order valence-corrected chi connectivity index (χ1v) is 11.1. The van der Waals surface area contributed by atoms with Gasteiger partial charge in [0.1, 0.15) is 0 Å². The Labute approximate surface area is 190 Å². The number of amides is 1. The summed E-state index contributed by atoms with van der Waals surface area (Å²) in [4.78, 5) is 30.3. The molecule has 1 aromatic heterocycles. The van der Waals surface area contributed by atoms with Crippen molar-refractivity contribution in [2.24, 2.45) is 5.10 Å². The Morgan fingerprint density at radius 2 is 1.84 bits per heavy atom. The first-order chi connectivity index (χ1) is 15.5. The zero-order valence-corrected chi connectivity index (χ0v) is 18.6. The Balaban J connectivity index is 1.58. The third-order valence-corrected chi connectivity index (χ3v) is 5.82. The Morgan fingerprint density at radius 3 is 2.66 bits per heavy atom. The molecule has 0 bridgehead atoms. The smallest absolute Gasteiger partial charge is 0.266 e. The summed E-state index contributed by atoms with van der Waals surface area (Å²) in [5.41, 5.74) is 6.69. The molecule has 0 aliphatic heterocycles. The number of hydrazone groups is 1. The van der Waals surface area contributed by atoms with Gasteiger partial charge in [0, 0.05) is 0 Å². The zero-order valence-electron chi connectivity index (χ0n) is 17.8. The number of carbonyl (C=O) groups is 1. The van der Waals surface area contributed by atoms with Crippen LogP contribution in [0, 0.1) is 13.8 Å². The number of hydrogen-bond donors (Lipinski definition) is 1. The van der Waals surface area contributed by atoms with Crippen molar-refractivity contribution >= 4 is 34.8 Å². The second-order valence-corrected chi connectivity index (χ2v) is 8.28. The van der Waals surface area contributed by atoms with Gasteiger partial charge in [-0.05, 0) is 43.2 Å². The van der Waals surface area contributed by atoms with Gasteiger partial charge in [-0.25, -0.2) is 10.4 Å². The second-order valence-electron chi connectivity index (χ2n) is 7.33. The fraction of sp³-hybridized carbons (Fsp3) is 0.120. The van der Waals surface area contributed by atoms with Crippen molar-refractivity contribution in [3.05, 3.63) is 99.8 Å². The summed E-state index contributed by atoms with van der Waals surface area (Å²) in [6, 6.07) is 22.7. The van der Waals surface area contributed by atoms with Gasteiger partial charge in [0.15, 0.2) is 5.16 Å². The molecule has 32 heavy (non-hydrogen) atoms. The Kier molecular flexibility index (Phi) is 6.47. The van der Waals surface area contributed by atoms with Crippen molar-refractivity contribution in [2.45, 2.75) is 19.0 Å². The summed E-state index contributed by atoms with van der Waals surface area (Å²) in [5.74, 6) is -0.209. The van der Waals surface area contributed by atoms with Crippen LogP contribution in [0.2, 0.25) is 0 Å². The van der Waals surface area contributed by atoms with E-state index in [0.717, 1.165) is 22.4 Å². The third-order valence-electron chi connectivity index (χ3n) is 4.88. The van der Waals surface area contributed by atoms with E-state index < -0.39 is 0 Å². The van der Waals surface area contributed by atoms with E-state index in [2.05, 4.69) is 15.5 Å². The number of benzene rings is 3. The van der Waals surface area contributed by atoms with Gasteiger partial charge in [-0.1, -0.05) is 71.9 Å². The van der Waals surface area contributed by atoms with Crippen LogP contribution >= 0.6 is 11.8 Å². The van der Waals surface area contributed by atoms with Crippen LogP contribution < -0.4 is 11.0 Å². The van der Waals surface area contributed by atoms with Gasteiger partial charge >= 0.3 is 0 Å². The SMILES string of the molecule is Cc1cccc(/C=N\NC(=O)CSc2nc3ccccc3c(=O)n2-c2ccccc2C)c1. The lowest BCUT2D eigenvalue weighted by Crippen LogP contribution is -2.24. The number of fused-ring (bicyclic) bond motifs is 1. The molecule has 0 aliphatic rings. The molecule has 1 amide bonds. The fourth-order valence-corrected chi connectivity index (χ4v) is 4.13. The van der Waals surface area contributed by atoms with Crippen molar-refractivity contribution in [1.82, 2.24) is 15.0 Å². The van der Waals surface area contributed by atoms with Crippen LogP contribution in [-0.2, 0) is 4.79 Å². The van der Waals surface area contributed by atoms with E-state index in [9.17, 15) is 9.59 Å². The molecular weight excluding hydrogens is 420 g/mol. The normalized spacial score (nSPS) is 11.2. The van der Waals surface area contributed by atoms with Gasteiger partial charge in [-0.15, -0.1) is 0 Å². The highest BCUT2D eigenvalue weighted by Crippen LogP contribution is 2.23. The lowest BCUT2D eigenvalue weighted by atomic mass is 10.2. The molecule has 0 radical (unpaired) electrons. The number of aromatic nitrogens is 2. The van der Waals surface area contributed by atoms with Crippen molar-refractivity contribution in [2.75, 3.05) is 5.75 Å². The quantitative estimate of drug-likeness (QED) is 0.210. The van der Waals surface area contributed by atoms with Crippen LogP contribution in [0.1, 0.15) is 16.7 Å². The van der Waals surface area contributed by atoms with Crippen LogP contribution in [0.3, 0.4) is 0 Å². The molecular formula is C25H22N4O2S. The van der Waals surface area contributed by atoms with E-state index in [1.54, 1.807) is 22.9 Å². The average Bonchev–Trinajstić information content (AvgIpc) is 2.79. The van der Waals surface area contributed by atoms with Gasteiger partial charge < -0.3 is 0 Å². The molecule has 0 spiro atoms. The molecule has 6 nitrogen and oxygen atoms in total. The van der Waals surface area contributed by atoms with Crippen molar-refractivity contribution < 1.29 is 4.79 Å². The summed E-state index contributed by atoms with van der Waals surface area (Å²) in [6.45, 7) is 3.94. The van der Waals surface area contributed by atoms with Crippen LogP contribution in [0.25, 0.3) is 16.6 Å². The summed E-state index contributed by atoms with van der Waals surface area (Å²) in [5, 5.41) is 5.02. The second kappa shape index (κ2) is 9.62. The van der Waals surface area contributed by atoms with E-state index >= 15 is 0 Å². The number of para-hydroxylation sites is 2. The molecule has 1 N–H and O–H groups in total. The molecule has 3 aromatic carbocycles. The zero-order chi connectivity index (χ0) is 22.5. The Morgan fingerprint density at radius 1 is 1.06 bits per heavy atom. The first kappa shape index (κ1) is 21.5. The standard InChI is InChI=1S/C25H22N4O2S/c1-17-8-7-10-19(14-17)15-26-28-23(30)16-32-25-27-21-12-5-4-11-20(21)24(31)29(25)22-13-6-3-9-18(22)2/h3-15H,16H2,1-2H3,(H,28,30)/b26-15-. The maximum Gasteiger partial charge on any atom is 0.266 e. The maximum atomic E-state index is 13.3. The molecule has 160 valence electrons. The number of nitrogens with zero attached hydrogens (tertiary/aromatic N) is 3. The van der Waals surface area contributed by atoms with Crippen LogP contribution in [-0.4, -0.2) is 27.4 Å². The predicted molar refractivity (Wildman–Crippen MR) is 130 cm³/mol. The Bertz CT molecular complexity index is 1380. The predicted octanol–water partition coefficient (Wildman–Crippen LogP) is 4.24. The molecule has 4 rings (SSSR count). The molecule has 7 heteroatoms. The number of nitrogens with one attached hydrogen (secondary N) is 1. The van der Waals surface area contributed by atoms with Crippen molar-refractivity contribution in [3.63, 3.8) is 0 Å². The van der Waals surface area contributed by atoms with E-state index in [1.807, 2.05) is 74.5 Å². The monoisotopic (exact) mass is 442 g/mol. The molecule has 4 aromatic rings. The lowest BCUT2D eigenvalue weighted by molar-refractivity contribution is -0.118. The first-order valence-electron chi connectivity index (χ1n) is 10.1.